The number of hydrogen-bond donors (Lipinski definition) is 0. The molecule has 1 heteroatoms. The molecule has 0 amide bonds. The van der Waals surface area contributed by atoms with Crippen LogP contribution in [0, 0.1) is 5.92 Å². The SMILES string of the molecule is CCC/C=C/C1C(=O)CC=C1C. The zero-order valence-electron chi connectivity index (χ0n) is 7.84. The van der Waals surface area contributed by atoms with Crippen molar-refractivity contribution in [1.82, 2.24) is 0 Å². The Bertz CT molecular complexity index is 223. The van der Waals surface area contributed by atoms with E-state index in [1.807, 2.05) is 19.1 Å². The van der Waals surface area contributed by atoms with Crippen LogP contribution in [0.3, 0.4) is 0 Å². The van der Waals surface area contributed by atoms with E-state index in [0.29, 0.717) is 12.2 Å². The van der Waals surface area contributed by atoms with Gasteiger partial charge in [0.25, 0.3) is 0 Å². The van der Waals surface area contributed by atoms with Gasteiger partial charge in [0.05, 0.1) is 5.92 Å². The van der Waals surface area contributed by atoms with Crippen molar-refractivity contribution < 1.29 is 4.79 Å². The Labute approximate surface area is 74.2 Å². The van der Waals surface area contributed by atoms with E-state index in [9.17, 15) is 4.79 Å². The first-order chi connectivity index (χ1) is 5.75. The second-order valence-corrected chi connectivity index (χ2v) is 3.31. The summed E-state index contributed by atoms with van der Waals surface area (Å²) in [5, 5.41) is 0. The van der Waals surface area contributed by atoms with Crippen molar-refractivity contribution in [3.8, 4) is 0 Å². The smallest absolute Gasteiger partial charge is 0.147 e. The van der Waals surface area contributed by atoms with Gasteiger partial charge in [0, 0.05) is 6.42 Å². The highest BCUT2D eigenvalue weighted by atomic mass is 16.1. The Kier molecular flexibility index (Phi) is 3.27. The summed E-state index contributed by atoms with van der Waals surface area (Å²) < 4.78 is 0. The van der Waals surface area contributed by atoms with E-state index in [2.05, 4.69) is 13.0 Å². The van der Waals surface area contributed by atoms with Gasteiger partial charge in [-0.25, -0.2) is 0 Å². The molecule has 0 aromatic rings. The highest BCUT2D eigenvalue weighted by molar-refractivity contribution is 5.89. The van der Waals surface area contributed by atoms with Gasteiger partial charge in [-0.2, -0.15) is 0 Å². The average molecular weight is 164 g/mol. The third kappa shape index (κ3) is 2.07. The fourth-order valence-electron chi connectivity index (χ4n) is 1.43. The highest BCUT2D eigenvalue weighted by Gasteiger charge is 2.21. The van der Waals surface area contributed by atoms with Crippen molar-refractivity contribution in [2.24, 2.45) is 5.92 Å². The summed E-state index contributed by atoms with van der Waals surface area (Å²) in [6.07, 6.45) is 9.06. The number of carbonyl (C=O) groups is 1. The standard InChI is InChI=1S/C11H16O/c1-3-4-5-6-10-9(2)7-8-11(10)12/h5-7,10H,3-4,8H2,1-2H3/b6-5+. The van der Waals surface area contributed by atoms with Crippen LogP contribution >= 0.6 is 0 Å². The summed E-state index contributed by atoms with van der Waals surface area (Å²) in [6.45, 7) is 4.18. The van der Waals surface area contributed by atoms with Gasteiger partial charge in [-0.15, -0.1) is 0 Å². The molecular weight excluding hydrogens is 148 g/mol. The van der Waals surface area contributed by atoms with Gasteiger partial charge >= 0.3 is 0 Å². The maximum absolute atomic E-state index is 11.3. The number of hydrogen-bond acceptors (Lipinski definition) is 1. The summed E-state index contributed by atoms with van der Waals surface area (Å²) >= 11 is 0. The molecule has 66 valence electrons. The molecule has 1 rings (SSSR count). The summed E-state index contributed by atoms with van der Waals surface area (Å²) in [4.78, 5) is 11.3. The molecule has 0 fully saturated rings. The number of Topliss-reactive ketones (excluding diaryl/α,β-unsaturated/α-hetero) is 1. The molecule has 1 unspecified atom stereocenters. The number of rotatable bonds is 3. The van der Waals surface area contributed by atoms with E-state index in [1.165, 1.54) is 5.57 Å². The summed E-state index contributed by atoms with van der Waals surface area (Å²) in [7, 11) is 0. The van der Waals surface area contributed by atoms with Gasteiger partial charge in [0.2, 0.25) is 0 Å². The fraction of sp³-hybridized carbons (Fsp3) is 0.545. The van der Waals surface area contributed by atoms with Crippen LogP contribution in [-0.2, 0) is 4.79 Å². The second-order valence-electron chi connectivity index (χ2n) is 3.31. The van der Waals surface area contributed by atoms with Crippen LogP contribution in [-0.4, -0.2) is 5.78 Å². The number of ketones is 1. The average Bonchev–Trinajstić information content (AvgIpc) is 2.35. The Hall–Kier alpha value is -0.850. The molecule has 0 saturated heterocycles. The topological polar surface area (TPSA) is 17.1 Å². The molecule has 0 saturated carbocycles. The van der Waals surface area contributed by atoms with Crippen LogP contribution in [0.1, 0.15) is 33.1 Å². The van der Waals surface area contributed by atoms with E-state index >= 15 is 0 Å². The zero-order chi connectivity index (χ0) is 8.97. The Morgan fingerprint density at radius 3 is 2.92 bits per heavy atom. The summed E-state index contributed by atoms with van der Waals surface area (Å²) in [5.74, 6) is 0.441. The first-order valence-electron chi connectivity index (χ1n) is 4.61. The van der Waals surface area contributed by atoms with Crippen LogP contribution in [0.5, 0.6) is 0 Å². The third-order valence-electron chi connectivity index (χ3n) is 2.25. The lowest BCUT2D eigenvalue weighted by atomic mass is 10.0. The first kappa shape index (κ1) is 9.24. The van der Waals surface area contributed by atoms with Crippen molar-refractivity contribution in [2.45, 2.75) is 33.1 Å². The second kappa shape index (κ2) is 4.24. The largest absolute Gasteiger partial charge is 0.298 e. The highest BCUT2D eigenvalue weighted by Crippen LogP contribution is 2.23. The van der Waals surface area contributed by atoms with Gasteiger partial charge in [-0.05, 0) is 13.3 Å². The van der Waals surface area contributed by atoms with Crippen molar-refractivity contribution in [3.05, 3.63) is 23.8 Å². The molecule has 0 bridgehead atoms. The van der Waals surface area contributed by atoms with E-state index in [4.69, 9.17) is 0 Å². The Morgan fingerprint density at radius 2 is 2.42 bits per heavy atom. The van der Waals surface area contributed by atoms with Crippen molar-refractivity contribution in [2.75, 3.05) is 0 Å². The molecule has 0 aliphatic heterocycles. The normalized spacial score (nSPS) is 23.7. The van der Waals surface area contributed by atoms with Crippen molar-refractivity contribution in [3.63, 3.8) is 0 Å². The van der Waals surface area contributed by atoms with Gasteiger partial charge in [-0.3, -0.25) is 4.79 Å². The molecule has 1 nitrogen and oxygen atoms in total. The fourth-order valence-corrected chi connectivity index (χ4v) is 1.43. The van der Waals surface area contributed by atoms with Crippen molar-refractivity contribution >= 4 is 5.78 Å². The molecule has 12 heavy (non-hydrogen) atoms. The molecule has 1 atom stereocenters. The number of carbonyl (C=O) groups excluding carboxylic acids is 1. The van der Waals surface area contributed by atoms with E-state index in [0.717, 1.165) is 12.8 Å². The molecule has 1 aliphatic rings. The zero-order valence-corrected chi connectivity index (χ0v) is 7.84. The van der Waals surface area contributed by atoms with E-state index in [1.54, 1.807) is 0 Å². The van der Waals surface area contributed by atoms with Crippen LogP contribution in [0.4, 0.5) is 0 Å². The lowest BCUT2D eigenvalue weighted by Crippen LogP contribution is -2.05. The van der Waals surface area contributed by atoms with E-state index in [-0.39, 0.29) is 5.92 Å². The predicted octanol–water partition coefficient (Wildman–Crippen LogP) is 2.88. The molecule has 0 spiro atoms. The van der Waals surface area contributed by atoms with Crippen LogP contribution in [0.25, 0.3) is 0 Å². The van der Waals surface area contributed by atoms with Crippen LogP contribution in [0.15, 0.2) is 23.8 Å². The molecule has 0 aromatic carbocycles. The van der Waals surface area contributed by atoms with Crippen LogP contribution < -0.4 is 0 Å². The molecule has 0 heterocycles. The Balaban J connectivity index is 2.51. The first-order valence-corrected chi connectivity index (χ1v) is 4.61. The minimum atomic E-state index is 0.0940. The molecular formula is C11H16O. The maximum Gasteiger partial charge on any atom is 0.147 e. The van der Waals surface area contributed by atoms with Gasteiger partial charge in [-0.1, -0.05) is 37.1 Å². The van der Waals surface area contributed by atoms with Gasteiger partial charge in [0.15, 0.2) is 0 Å². The van der Waals surface area contributed by atoms with Gasteiger partial charge < -0.3 is 0 Å². The van der Waals surface area contributed by atoms with E-state index < -0.39 is 0 Å². The van der Waals surface area contributed by atoms with Crippen LogP contribution in [0.2, 0.25) is 0 Å². The molecule has 0 N–H and O–H groups in total. The molecule has 0 aromatic heterocycles. The number of allylic oxidation sites excluding steroid dienone is 4. The predicted molar refractivity (Wildman–Crippen MR) is 50.9 cm³/mol. The monoisotopic (exact) mass is 164 g/mol. The number of unbranched alkanes of at least 4 members (excludes halogenated alkanes) is 1. The lowest BCUT2D eigenvalue weighted by molar-refractivity contribution is -0.119. The quantitative estimate of drug-likeness (QED) is 0.586. The minimum absolute atomic E-state index is 0.0940. The third-order valence-corrected chi connectivity index (χ3v) is 2.25. The summed E-state index contributed by atoms with van der Waals surface area (Å²) in [5.41, 5.74) is 1.22. The maximum atomic E-state index is 11.3. The minimum Gasteiger partial charge on any atom is -0.298 e. The molecule has 0 radical (unpaired) electrons. The van der Waals surface area contributed by atoms with Crippen molar-refractivity contribution in [1.29, 1.82) is 0 Å². The van der Waals surface area contributed by atoms with Gasteiger partial charge in [0.1, 0.15) is 5.78 Å². The molecule has 1 aliphatic carbocycles. The Morgan fingerprint density at radius 1 is 1.67 bits per heavy atom. The summed E-state index contributed by atoms with van der Waals surface area (Å²) in [6, 6.07) is 0. The lowest BCUT2D eigenvalue weighted by Gasteiger charge is -2.02.